The van der Waals surface area contributed by atoms with Gasteiger partial charge in [0.1, 0.15) is 11.7 Å². The van der Waals surface area contributed by atoms with Crippen molar-refractivity contribution in [3.05, 3.63) is 35.1 Å². The van der Waals surface area contributed by atoms with E-state index in [-0.39, 0.29) is 5.92 Å². The first-order chi connectivity index (χ1) is 8.88. The molecule has 3 nitrogen and oxygen atoms in total. The van der Waals surface area contributed by atoms with Gasteiger partial charge >= 0.3 is 5.97 Å². The summed E-state index contributed by atoms with van der Waals surface area (Å²) in [5.41, 5.74) is 1.03. The van der Waals surface area contributed by atoms with E-state index in [1.807, 2.05) is 13.8 Å². The van der Waals surface area contributed by atoms with Crippen LogP contribution < -0.4 is 0 Å². The number of carboxylic acid groups (broad SMARTS) is 1. The van der Waals surface area contributed by atoms with Crippen LogP contribution in [0.5, 0.6) is 0 Å². The summed E-state index contributed by atoms with van der Waals surface area (Å²) < 4.78 is 13.1. The summed E-state index contributed by atoms with van der Waals surface area (Å²) in [7, 11) is 0. The molecule has 0 spiro atoms. The lowest BCUT2D eigenvalue weighted by atomic mass is 9.83. The van der Waals surface area contributed by atoms with Crippen molar-refractivity contribution in [1.82, 2.24) is 0 Å². The molecule has 0 heterocycles. The van der Waals surface area contributed by atoms with Crippen LogP contribution in [-0.2, 0) is 4.79 Å². The summed E-state index contributed by atoms with van der Waals surface area (Å²) in [4.78, 5) is 11.4. The second kappa shape index (κ2) is 6.66. The average molecular weight is 268 g/mol. The Morgan fingerprint density at radius 3 is 2.53 bits per heavy atom. The Kier molecular flexibility index (Phi) is 5.48. The molecule has 19 heavy (non-hydrogen) atoms. The number of aliphatic carboxylic acids is 1. The van der Waals surface area contributed by atoms with Crippen LogP contribution in [-0.4, -0.2) is 22.3 Å². The number of carboxylic acids is 1. The van der Waals surface area contributed by atoms with E-state index in [2.05, 4.69) is 0 Å². The van der Waals surface area contributed by atoms with Gasteiger partial charge in [-0.2, -0.15) is 0 Å². The van der Waals surface area contributed by atoms with Gasteiger partial charge in [0.2, 0.25) is 0 Å². The molecule has 0 bridgehead atoms. The highest BCUT2D eigenvalue weighted by Gasteiger charge is 2.32. The minimum atomic E-state index is -1.08. The van der Waals surface area contributed by atoms with Crippen molar-refractivity contribution in [2.45, 2.75) is 45.6 Å². The molecule has 0 fully saturated rings. The molecule has 106 valence electrons. The molecule has 1 aromatic rings. The van der Waals surface area contributed by atoms with Gasteiger partial charge in [0.25, 0.3) is 0 Å². The smallest absolute Gasteiger partial charge is 0.313 e. The Bertz CT molecular complexity index is 445. The minimum absolute atomic E-state index is 0.115. The number of rotatable bonds is 6. The molecule has 1 rings (SSSR count). The topological polar surface area (TPSA) is 57.5 Å². The van der Waals surface area contributed by atoms with Crippen molar-refractivity contribution in [2.75, 3.05) is 0 Å². The van der Waals surface area contributed by atoms with Gasteiger partial charge in [-0.1, -0.05) is 26.3 Å². The van der Waals surface area contributed by atoms with Gasteiger partial charge in [0.05, 0.1) is 6.10 Å². The summed E-state index contributed by atoms with van der Waals surface area (Å²) in [5, 5.41) is 19.6. The van der Waals surface area contributed by atoms with Crippen molar-refractivity contribution in [3.8, 4) is 0 Å². The molecular formula is C15H21FO3. The lowest BCUT2D eigenvalue weighted by Gasteiger charge is -2.26. The first-order valence-electron chi connectivity index (χ1n) is 6.55. The molecule has 0 saturated heterocycles. The van der Waals surface area contributed by atoms with Crippen molar-refractivity contribution >= 4 is 5.97 Å². The van der Waals surface area contributed by atoms with E-state index in [4.69, 9.17) is 0 Å². The normalized spacial score (nSPS) is 15.8. The van der Waals surface area contributed by atoms with E-state index in [9.17, 15) is 19.4 Å². The van der Waals surface area contributed by atoms with E-state index in [1.165, 1.54) is 18.2 Å². The Labute approximate surface area is 113 Å². The van der Waals surface area contributed by atoms with Crippen molar-refractivity contribution < 1.29 is 19.4 Å². The molecule has 0 aliphatic rings. The van der Waals surface area contributed by atoms with Crippen LogP contribution in [0.15, 0.2) is 18.2 Å². The monoisotopic (exact) mass is 268 g/mol. The highest BCUT2D eigenvalue weighted by Crippen LogP contribution is 2.29. The fourth-order valence-electron chi connectivity index (χ4n) is 2.41. The van der Waals surface area contributed by atoms with Crippen molar-refractivity contribution in [2.24, 2.45) is 5.92 Å². The van der Waals surface area contributed by atoms with Gasteiger partial charge in [-0.25, -0.2) is 4.39 Å². The van der Waals surface area contributed by atoms with Crippen molar-refractivity contribution in [1.29, 1.82) is 0 Å². The molecule has 0 aliphatic carbocycles. The van der Waals surface area contributed by atoms with Gasteiger partial charge in [0.15, 0.2) is 0 Å². The summed E-state index contributed by atoms with van der Waals surface area (Å²) in [6.45, 7) is 5.48. The van der Waals surface area contributed by atoms with Gasteiger partial charge in [-0.05, 0) is 42.5 Å². The van der Waals surface area contributed by atoms with Crippen LogP contribution in [0.2, 0.25) is 0 Å². The maximum Gasteiger partial charge on any atom is 0.313 e. The summed E-state index contributed by atoms with van der Waals surface area (Å²) in [6.07, 6.45) is 0.666. The van der Waals surface area contributed by atoms with Crippen LogP contribution in [0.1, 0.15) is 43.7 Å². The zero-order valence-electron chi connectivity index (χ0n) is 11.6. The fraction of sp³-hybridized carbons (Fsp3) is 0.533. The number of benzene rings is 1. The summed E-state index contributed by atoms with van der Waals surface area (Å²) in [5.74, 6) is -2.61. The largest absolute Gasteiger partial charge is 0.481 e. The molecule has 0 aromatic heterocycles. The number of hydrogen-bond donors (Lipinski definition) is 2. The van der Waals surface area contributed by atoms with Gasteiger partial charge in [-0.15, -0.1) is 0 Å². The summed E-state index contributed by atoms with van der Waals surface area (Å²) >= 11 is 0. The molecule has 1 aromatic carbocycles. The zero-order valence-corrected chi connectivity index (χ0v) is 11.6. The van der Waals surface area contributed by atoms with Crippen LogP contribution in [0.25, 0.3) is 0 Å². The van der Waals surface area contributed by atoms with E-state index < -0.39 is 23.8 Å². The third kappa shape index (κ3) is 3.77. The second-order valence-electron chi connectivity index (χ2n) is 5.07. The van der Waals surface area contributed by atoms with Crippen LogP contribution in [0.3, 0.4) is 0 Å². The predicted molar refractivity (Wildman–Crippen MR) is 71.6 cm³/mol. The minimum Gasteiger partial charge on any atom is -0.481 e. The standard InChI is InChI=1S/C15H21FO3/c1-4-5-9(2)14(17)13(15(18)19)12-7-6-11(16)8-10(12)3/h6-9,13-14,17H,4-5H2,1-3H3,(H,18,19). The number of hydrogen-bond acceptors (Lipinski definition) is 2. The molecule has 0 radical (unpaired) electrons. The second-order valence-corrected chi connectivity index (χ2v) is 5.07. The lowest BCUT2D eigenvalue weighted by molar-refractivity contribution is -0.142. The first-order valence-corrected chi connectivity index (χ1v) is 6.55. The molecule has 2 N–H and O–H groups in total. The average Bonchev–Trinajstić information content (AvgIpc) is 2.32. The van der Waals surface area contributed by atoms with Crippen LogP contribution in [0.4, 0.5) is 4.39 Å². The molecule has 0 saturated carbocycles. The molecule has 0 aliphatic heterocycles. The third-order valence-electron chi connectivity index (χ3n) is 3.50. The van der Waals surface area contributed by atoms with E-state index >= 15 is 0 Å². The van der Waals surface area contributed by atoms with Crippen molar-refractivity contribution in [3.63, 3.8) is 0 Å². The van der Waals surface area contributed by atoms with E-state index in [0.29, 0.717) is 11.1 Å². The first kappa shape index (κ1) is 15.6. The molecule has 4 heteroatoms. The van der Waals surface area contributed by atoms with Gasteiger partial charge in [0, 0.05) is 0 Å². The fourth-order valence-corrected chi connectivity index (χ4v) is 2.41. The number of aliphatic hydroxyl groups excluding tert-OH is 1. The Hall–Kier alpha value is -1.42. The Morgan fingerprint density at radius 2 is 2.05 bits per heavy atom. The SMILES string of the molecule is CCCC(C)C(O)C(C(=O)O)c1ccc(F)cc1C. The Balaban J connectivity index is 3.10. The Morgan fingerprint density at radius 1 is 1.42 bits per heavy atom. The third-order valence-corrected chi connectivity index (χ3v) is 3.50. The maximum atomic E-state index is 13.1. The van der Waals surface area contributed by atoms with Crippen LogP contribution in [0, 0.1) is 18.7 Å². The van der Waals surface area contributed by atoms with Gasteiger partial charge < -0.3 is 10.2 Å². The molecule has 3 atom stereocenters. The molecular weight excluding hydrogens is 247 g/mol. The number of carbonyl (C=O) groups is 1. The zero-order chi connectivity index (χ0) is 14.6. The highest BCUT2D eigenvalue weighted by molar-refractivity contribution is 5.77. The number of aryl methyl sites for hydroxylation is 1. The molecule has 3 unspecified atom stereocenters. The maximum absolute atomic E-state index is 13.1. The van der Waals surface area contributed by atoms with Crippen LogP contribution >= 0.6 is 0 Å². The predicted octanol–water partition coefficient (Wildman–Crippen LogP) is 3.10. The number of aliphatic hydroxyl groups is 1. The number of halogens is 1. The quantitative estimate of drug-likeness (QED) is 0.833. The summed E-state index contributed by atoms with van der Waals surface area (Å²) in [6, 6.07) is 3.98. The van der Waals surface area contributed by atoms with E-state index in [1.54, 1.807) is 6.92 Å². The highest BCUT2D eigenvalue weighted by atomic mass is 19.1. The van der Waals surface area contributed by atoms with Gasteiger partial charge in [-0.3, -0.25) is 4.79 Å². The molecule has 0 amide bonds. The lowest BCUT2D eigenvalue weighted by Crippen LogP contribution is -2.32. The van der Waals surface area contributed by atoms with E-state index in [0.717, 1.165) is 12.8 Å².